The van der Waals surface area contributed by atoms with Gasteiger partial charge in [0.2, 0.25) is 16.8 Å². The third kappa shape index (κ3) is 4.41. The number of nitrogens with zero attached hydrogens (tertiary/aromatic N) is 1. The summed E-state index contributed by atoms with van der Waals surface area (Å²) in [6.45, 7) is 2.81. The van der Waals surface area contributed by atoms with Gasteiger partial charge >= 0.3 is 5.97 Å². The molecule has 1 saturated heterocycles. The summed E-state index contributed by atoms with van der Waals surface area (Å²) in [6, 6.07) is 10.5. The first-order chi connectivity index (χ1) is 14.4. The lowest BCUT2D eigenvalue weighted by Gasteiger charge is -2.35. The number of nitrogens with one attached hydrogen (secondary N) is 1. The Morgan fingerprint density at radius 1 is 1.07 bits per heavy atom. The van der Waals surface area contributed by atoms with Gasteiger partial charge in [0.25, 0.3) is 0 Å². The summed E-state index contributed by atoms with van der Waals surface area (Å²) in [5, 5.41) is 8.99. The Labute approximate surface area is 174 Å². The summed E-state index contributed by atoms with van der Waals surface area (Å²) >= 11 is 0. The summed E-state index contributed by atoms with van der Waals surface area (Å²) in [4.78, 5) is 13.2. The Bertz CT molecular complexity index is 1020. The zero-order valence-electron chi connectivity index (χ0n) is 16.1. The van der Waals surface area contributed by atoms with Crippen molar-refractivity contribution in [3.63, 3.8) is 0 Å². The van der Waals surface area contributed by atoms with Gasteiger partial charge in [-0.2, -0.15) is 0 Å². The van der Waals surface area contributed by atoms with Crippen LogP contribution in [0.3, 0.4) is 0 Å². The highest BCUT2D eigenvalue weighted by Crippen LogP contribution is 2.35. The van der Waals surface area contributed by atoms with Crippen LogP contribution in [0.2, 0.25) is 0 Å². The lowest BCUT2D eigenvalue weighted by molar-refractivity contribution is 0.0171. The summed E-state index contributed by atoms with van der Waals surface area (Å²) < 4.78 is 44.5. The molecule has 1 atom stereocenters. The van der Waals surface area contributed by atoms with E-state index in [-0.39, 0.29) is 29.8 Å². The Morgan fingerprint density at radius 3 is 2.47 bits per heavy atom. The molecule has 2 aliphatic heterocycles. The molecule has 0 radical (unpaired) electrons. The van der Waals surface area contributed by atoms with Crippen LogP contribution >= 0.6 is 0 Å². The van der Waals surface area contributed by atoms with E-state index in [1.165, 1.54) is 24.3 Å². The van der Waals surface area contributed by atoms with Crippen molar-refractivity contribution in [2.75, 3.05) is 39.6 Å². The van der Waals surface area contributed by atoms with E-state index in [9.17, 15) is 13.2 Å². The number of aromatic carboxylic acids is 1. The Morgan fingerprint density at radius 2 is 1.77 bits per heavy atom. The summed E-state index contributed by atoms with van der Waals surface area (Å²) in [6.07, 6.45) is 0. The number of hydrogen-bond donors (Lipinski definition) is 2. The minimum absolute atomic E-state index is 0.0129. The lowest BCUT2D eigenvalue weighted by atomic mass is 10.0. The van der Waals surface area contributed by atoms with E-state index in [1.54, 1.807) is 0 Å². The van der Waals surface area contributed by atoms with Gasteiger partial charge in [-0.15, -0.1) is 0 Å². The molecule has 0 saturated carbocycles. The van der Waals surface area contributed by atoms with E-state index >= 15 is 0 Å². The van der Waals surface area contributed by atoms with Crippen molar-refractivity contribution < 1.29 is 32.5 Å². The molecule has 160 valence electrons. The molecule has 1 fully saturated rings. The first-order valence-corrected chi connectivity index (χ1v) is 11.0. The standard InChI is InChI=1S/C20H22N2O7S/c23-20(24)14-1-4-16(5-2-14)30(25,26)21-12-17(22-7-9-27-10-8-22)15-3-6-18-19(11-15)29-13-28-18/h1-6,11,17,21H,7-10,12-13H2,(H,23,24). The van der Waals surface area contributed by atoms with Crippen LogP contribution in [0, 0.1) is 0 Å². The highest BCUT2D eigenvalue weighted by Gasteiger charge is 2.27. The molecular formula is C20H22N2O7S. The van der Waals surface area contributed by atoms with Crippen LogP contribution in [-0.4, -0.2) is 64.0 Å². The number of rotatable bonds is 7. The summed E-state index contributed by atoms with van der Waals surface area (Å²) in [5.41, 5.74) is 0.936. The monoisotopic (exact) mass is 434 g/mol. The molecule has 2 N–H and O–H groups in total. The van der Waals surface area contributed by atoms with Gasteiger partial charge in [0.05, 0.1) is 23.7 Å². The van der Waals surface area contributed by atoms with E-state index in [2.05, 4.69) is 9.62 Å². The maximum atomic E-state index is 12.8. The van der Waals surface area contributed by atoms with E-state index in [1.807, 2.05) is 18.2 Å². The predicted molar refractivity (Wildman–Crippen MR) is 106 cm³/mol. The van der Waals surface area contributed by atoms with Crippen LogP contribution in [0.25, 0.3) is 0 Å². The number of ether oxygens (including phenoxy) is 3. The molecule has 0 amide bonds. The molecule has 2 heterocycles. The number of carboxylic acid groups (broad SMARTS) is 1. The van der Waals surface area contributed by atoms with E-state index < -0.39 is 16.0 Å². The van der Waals surface area contributed by atoms with E-state index in [0.717, 1.165) is 5.56 Å². The smallest absolute Gasteiger partial charge is 0.335 e. The largest absolute Gasteiger partial charge is 0.478 e. The first kappa shape index (κ1) is 20.6. The molecular weight excluding hydrogens is 412 g/mol. The fraction of sp³-hybridized carbons (Fsp3) is 0.350. The quantitative estimate of drug-likeness (QED) is 0.673. The van der Waals surface area contributed by atoms with Crippen LogP contribution in [0.1, 0.15) is 22.0 Å². The Balaban J connectivity index is 1.54. The predicted octanol–water partition coefficient (Wildman–Crippen LogP) is 1.47. The molecule has 0 aliphatic carbocycles. The lowest BCUT2D eigenvalue weighted by Crippen LogP contribution is -2.43. The number of sulfonamides is 1. The van der Waals surface area contributed by atoms with Crippen molar-refractivity contribution >= 4 is 16.0 Å². The van der Waals surface area contributed by atoms with Gasteiger partial charge in [-0.1, -0.05) is 6.07 Å². The number of morpholine rings is 1. The fourth-order valence-electron chi connectivity index (χ4n) is 3.52. The molecule has 2 aliphatic rings. The highest BCUT2D eigenvalue weighted by atomic mass is 32.2. The maximum absolute atomic E-state index is 12.8. The summed E-state index contributed by atoms with van der Waals surface area (Å²) in [7, 11) is -3.81. The van der Waals surface area contributed by atoms with Crippen molar-refractivity contribution in [3.05, 3.63) is 53.6 Å². The topological polar surface area (TPSA) is 114 Å². The van der Waals surface area contributed by atoms with Crippen molar-refractivity contribution in [3.8, 4) is 11.5 Å². The van der Waals surface area contributed by atoms with E-state index in [0.29, 0.717) is 37.8 Å². The molecule has 0 aromatic heterocycles. The first-order valence-electron chi connectivity index (χ1n) is 9.48. The highest BCUT2D eigenvalue weighted by molar-refractivity contribution is 7.89. The molecule has 30 heavy (non-hydrogen) atoms. The number of carbonyl (C=O) groups is 1. The zero-order chi connectivity index (χ0) is 21.1. The van der Waals surface area contributed by atoms with Gasteiger partial charge < -0.3 is 19.3 Å². The van der Waals surface area contributed by atoms with Crippen LogP contribution in [0.4, 0.5) is 0 Å². The second-order valence-corrected chi connectivity index (χ2v) is 8.73. The van der Waals surface area contributed by atoms with Gasteiger partial charge in [-0.05, 0) is 42.0 Å². The minimum atomic E-state index is -3.81. The van der Waals surface area contributed by atoms with Crippen molar-refractivity contribution in [2.45, 2.75) is 10.9 Å². The third-order valence-corrected chi connectivity index (χ3v) is 6.59. The molecule has 9 nitrogen and oxygen atoms in total. The second-order valence-electron chi connectivity index (χ2n) is 6.96. The molecule has 0 spiro atoms. The normalized spacial score (nSPS) is 17.6. The van der Waals surface area contributed by atoms with Crippen molar-refractivity contribution in [1.82, 2.24) is 9.62 Å². The second kappa shape index (κ2) is 8.60. The van der Waals surface area contributed by atoms with Gasteiger partial charge in [0.1, 0.15) is 0 Å². The fourth-order valence-corrected chi connectivity index (χ4v) is 4.55. The average Bonchev–Trinajstić information content (AvgIpc) is 3.23. The average molecular weight is 434 g/mol. The van der Waals surface area contributed by atoms with Crippen molar-refractivity contribution in [2.24, 2.45) is 0 Å². The number of hydrogen-bond acceptors (Lipinski definition) is 7. The van der Waals surface area contributed by atoms with Gasteiger partial charge in [0, 0.05) is 25.7 Å². The number of benzene rings is 2. The molecule has 2 aromatic rings. The van der Waals surface area contributed by atoms with Crippen LogP contribution in [0.15, 0.2) is 47.4 Å². The summed E-state index contributed by atoms with van der Waals surface area (Å²) in [5.74, 6) is 0.193. The van der Waals surface area contributed by atoms with Gasteiger partial charge in [0.15, 0.2) is 11.5 Å². The Hall–Kier alpha value is -2.66. The third-order valence-electron chi connectivity index (χ3n) is 5.15. The maximum Gasteiger partial charge on any atom is 0.335 e. The SMILES string of the molecule is O=C(O)c1ccc(S(=O)(=O)NCC(c2ccc3c(c2)OCO3)N2CCOCC2)cc1. The minimum Gasteiger partial charge on any atom is -0.478 e. The molecule has 1 unspecified atom stereocenters. The number of fused-ring (bicyclic) bond motifs is 1. The van der Waals surface area contributed by atoms with E-state index in [4.69, 9.17) is 19.3 Å². The molecule has 10 heteroatoms. The van der Waals surface area contributed by atoms with Crippen LogP contribution in [0.5, 0.6) is 11.5 Å². The molecule has 2 aromatic carbocycles. The van der Waals surface area contributed by atoms with Crippen LogP contribution < -0.4 is 14.2 Å². The zero-order valence-corrected chi connectivity index (χ0v) is 16.9. The number of carboxylic acids is 1. The van der Waals surface area contributed by atoms with Crippen LogP contribution in [-0.2, 0) is 14.8 Å². The molecule has 0 bridgehead atoms. The Kier molecular flexibility index (Phi) is 5.91. The van der Waals surface area contributed by atoms with Gasteiger partial charge in [-0.25, -0.2) is 17.9 Å². The molecule has 4 rings (SSSR count). The van der Waals surface area contributed by atoms with Gasteiger partial charge in [-0.3, -0.25) is 4.90 Å². The van der Waals surface area contributed by atoms with Crippen molar-refractivity contribution in [1.29, 1.82) is 0 Å².